The number of carbonyl (C=O) groups is 4. The van der Waals surface area contributed by atoms with E-state index in [2.05, 4.69) is 30.8 Å². The van der Waals surface area contributed by atoms with Crippen LogP contribution in [0.1, 0.15) is 27.7 Å². The summed E-state index contributed by atoms with van der Waals surface area (Å²) in [7, 11) is -5.10. The molecule has 13 heteroatoms. The van der Waals surface area contributed by atoms with Gasteiger partial charge in [-0.25, -0.2) is 23.7 Å². The topological polar surface area (TPSA) is 183 Å². The summed E-state index contributed by atoms with van der Waals surface area (Å²) in [6, 6.07) is 0. The number of carbonyl (C=O) groups excluding carboxylic acids is 3. The molecule has 174 valence electrons. The summed E-state index contributed by atoms with van der Waals surface area (Å²) in [5.74, 6) is -7.41. The van der Waals surface area contributed by atoms with E-state index in [0.717, 1.165) is 0 Å². The number of ether oxygens (including phenoxy) is 3. The molecule has 0 heterocycles. The SMILES string of the molecule is C=C(C)C(=O)O.C=C(C)C(=O)OC(COP(=O)(O)O)(OC(=O)C(=C)C)OC(=O)C(=C)C. The minimum absolute atomic E-state index is 0.176. The molecule has 0 atom stereocenters. The monoisotopic (exact) mass is 464 g/mol. The lowest BCUT2D eigenvalue weighted by Gasteiger charge is -2.31. The van der Waals surface area contributed by atoms with Gasteiger partial charge in [-0.05, 0) is 27.7 Å². The third-order valence-electron chi connectivity index (χ3n) is 2.56. The molecule has 0 aliphatic carbocycles. The van der Waals surface area contributed by atoms with Crippen molar-refractivity contribution in [1.82, 2.24) is 0 Å². The van der Waals surface area contributed by atoms with E-state index < -0.39 is 44.3 Å². The van der Waals surface area contributed by atoms with E-state index in [1.165, 1.54) is 27.7 Å². The van der Waals surface area contributed by atoms with Crippen molar-refractivity contribution in [2.75, 3.05) is 6.61 Å². The van der Waals surface area contributed by atoms with Crippen LogP contribution in [0.4, 0.5) is 0 Å². The molecule has 0 aliphatic rings. The molecule has 0 saturated carbocycles. The smallest absolute Gasteiger partial charge is 0.470 e. The first-order chi connectivity index (χ1) is 13.8. The quantitative estimate of drug-likeness (QED) is 0.184. The second-order valence-electron chi connectivity index (χ2n) is 6.04. The summed E-state index contributed by atoms with van der Waals surface area (Å²) in [6.45, 7) is 16.9. The molecule has 0 amide bonds. The summed E-state index contributed by atoms with van der Waals surface area (Å²) in [5, 5.41) is 7.89. The molecule has 0 aliphatic heterocycles. The number of carboxylic acid groups (broad SMARTS) is 1. The van der Waals surface area contributed by atoms with Gasteiger partial charge in [-0.1, -0.05) is 26.3 Å². The van der Waals surface area contributed by atoms with Gasteiger partial charge >= 0.3 is 37.7 Å². The van der Waals surface area contributed by atoms with E-state index in [-0.39, 0.29) is 22.3 Å². The molecule has 0 bridgehead atoms. The summed E-state index contributed by atoms with van der Waals surface area (Å²) < 4.78 is 29.4. The highest BCUT2D eigenvalue weighted by molar-refractivity contribution is 7.46. The lowest BCUT2D eigenvalue weighted by atomic mass is 10.3. The predicted octanol–water partition coefficient (Wildman–Crippen LogP) is 1.75. The van der Waals surface area contributed by atoms with Gasteiger partial charge in [0.05, 0.1) is 0 Å². The molecule has 0 aromatic carbocycles. The van der Waals surface area contributed by atoms with E-state index in [1.54, 1.807) is 0 Å². The number of rotatable bonds is 10. The number of esters is 3. The van der Waals surface area contributed by atoms with Crippen molar-refractivity contribution in [3.05, 3.63) is 48.6 Å². The first-order valence-electron chi connectivity index (χ1n) is 8.09. The van der Waals surface area contributed by atoms with E-state index in [1.807, 2.05) is 0 Å². The maximum atomic E-state index is 11.8. The van der Waals surface area contributed by atoms with Crippen LogP contribution in [0.5, 0.6) is 0 Å². The van der Waals surface area contributed by atoms with Crippen LogP contribution in [0.25, 0.3) is 0 Å². The summed E-state index contributed by atoms with van der Waals surface area (Å²) >= 11 is 0. The molecule has 0 unspecified atom stereocenters. The maximum absolute atomic E-state index is 11.8. The van der Waals surface area contributed by atoms with Crippen molar-refractivity contribution in [2.45, 2.75) is 33.7 Å². The van der Waals surface area contributed by atoms with Gasteiger partial charge in [0.15, 0.2) is 6.61 Å². The van der Waals surface area contributed by atoms with E-state index >= 15 is 0 Å². The minimum Gasteiger partial charge on any atom is -0.478 e. The molecule has 0 fully saturated rings. The number of carboxylic acids is 1. The summed E-state index contributed by atoms with van der Waals surface area (Å²) in [6.07, 6.45) is 0. The Bertz CT molecular complexity index is 751. The highest BCUT2D eigenvalue weighted by Crippen LogP contribution is 2.38. The van der Waals surface area contributed by atoms with Crippen molar-refractivity contribution in [3.63, 3.8) is 0 Å². The molecule has 0 saturated heterocycles. The Morgan fingerprint density at radius 2 is 1.00 bits per heavy atom. The fourth-order valence-corrected chi connectivity index (χ4v) is 1.33. The van der Waals surface area contributed by atoms with Crippen molar-refractivity contribution < 1.29 is 57.4 Å². The van der Waals surface area contributed by atoms with E-state index in [0.29, 0.717) is 0 Å². The molecular weight excluding hydrogens is 439 g/mol. The second kappa shape index (κ2) is 12.6. The zero-order valence-electron chi connectivity index (χ0n) is 17.5. The molecule has 0 aromatic heterocycles. The van der Waals surface area contributed by atoms with Gasteiger partial charge in [-0.15, -0.1) is 0 Å². The zero-order valence-corrected chi connectivity index (χ0v) is 18.4. The standard InChI is InChI=1S/C14H19O10P.C4H6O2/c1-8(2)11(15)22-14(7-21-25(18,19)20,23-12(16)9(3)4)24-13(17)10(5)6;1-3(2)4(5)6/h1,3,5,7H2,2,4,6H3,(H2,18,19,20);1H2,2H3,(H,5,6). The van der Waals surface area contributed by atoms with Gasteiger partial charge < -0.3 is 29.1 Å². The fraction of sp³-hybridized carbons (Fsp3) is 0.333. The van der Waals surface area contributed by atoms with Crippen LogP contribution in [0.3, 0.4) is 0 Å². The van der Waals surface area contributed by atoms with Crippen molar-refractivity contribution >= 4 is 31.7 Å². The molecule has 0 rings (SSSR count). The molecule has 0 aromatic rings. The molecular formula is C18H25O12P. The van der Waals surface area contributed by atoms with Crippen molar-refractivity contribution in [3.8, 4) is 0 Å². The number of phosphoric ester groups is 1. The third kappa shape index (κ3) is 13.7. The van der Waals surface area contributed by atoms with Gasteiger partial charge in [-0.3, -0.25) is 4.52 Å². The molecule has 31 heavy (non-hydrogen) atoms. The Kier molecular flexibility index (Phi) is 12.3. The highest BCUT2D eigenvalue weighted by atomic mass is 31.2. The average molecular weight is 464 g/mol. The van der Waals surface area contributed by atoms with Crippen molar-refractivity contribution in [1.29, 1.82) is 0 Å². The van der Waals surface area contributed by atoms with E-state index in [9.17, 15) is 23.7 Å². The Labute approximate surface area is 178 Å². The van der Waals surface area contributed by atoms with Crippen LogP contribution in [-0.2, 0) is 42.5 Å². The van der Waals surface area contributed by atoms with Crippen LogP contribution < -0.4 is 0 Å². The van der Waals surface area contributed by atoms with E-state index in [4.69, 9.17) is 29.1 Å². The van der Waals surface area contributed by atoms with Crippen LogP contribution >= 0.6 is 7.82 Å². The van der Waals surface area contributed by atoms with Gasteiger partial charge in [0.2, 0.25) is 0 Å². The predicted molar refractivity (Wildman–Crippen MR) is 106 cm³/mol. The maximum Gasteiger partial charge on any atom is 0.470 e. The van der Waals surface area contributed by atoms with Gasteiger partial charge in [-0.2, -0.15) is 0 Å². The summed E-state index contributed by atoms with van der Waals surface area (Å²) in [4.78, 5) is 62.6. The normalized spacial score (nSPS) is 10.5. The van der Waals surface area contributed by atoms with Crippen LogP contribution in [0.15, 0.2) is 48.6 Å². The number of hydrogen-bond acceptors (Lipinski definition) is 9. The highest BCUT2D eigenvalue weighted by Gasteiger charge is 2.46. The number of aliphatic carboxylic acids is 1. The zero-order chi connectivity index (χ0) is 25.2. The second-order valence-corrected chi connectivity index (χ2v) is 7.28. The molecule has 12 nitrogen and oxygen atoms in total. The van der Waals surface area contributed by atoms with Crippen LogP contribution in [0.2, 0.25) is 0 Å². The van der Waals surface area contributed by atoms with Gasteiger partial charge in [0.25, 0.3) is 0 Å². The lowest BCUT2D eigenvalue weighted by molar-refractivity contribution is -0.335. The first kappa shape index (κ1) is 30.1. The van der Waals surface area contributed by atoms with Crippen molar-refractivity contribution in [2.24, 2.45) is 0 Å². The number of hydrogen-bond donors (Lipinski definition) is 3. The Hall–Kier alpha value is -3.05. The van der Waals surface area contributed by atoms with Crippen LogP contribution in [-0.4, -0.2) is 51.4 Å². The summed E-state index contributed by atoms with van der Waals surface area (Å²) in [5.41, 5.74) is -0.370. The lowest BCUT2D eigenvalue weighted by Crippen LogP contribution is -2.48. The molecule has 0 spiro atoms. The van der Waals surface area contributed by atoms with Crippen LogP contribution in [0, 0.1) is 0 Å². The Morgan fingerprint density at radius 1 is 0.742 bits per heavy atom. The third-order valence-corrected chi connectivity index (χ3v) is 3.03. The van der Waals surface area contributed by atoms with Gasteiger partial charge in [0.1, 0.15) is 0 Å². The molecule has 3 N–H and O–H groups in total. The minimum atomic E-state index is -5.10. The number of phosphoric acid groups is 1. The average Bonchev–Trinajstić information content (AvgIpc) is 2.59. The largest absolute Gasteiger partial charge is 0.478 e. The Balaban J connectivity index is 0. The first-order valence-corrected chi connectivity index (χ1v) is 9.62. The van der Waals surface area contributed by atoms with Gasteiger partial charge in [0, 0.05) is 22.3 Å². The molecule has 0 radical (unpaired) electrons. The fourth-order valence-electron chi connectivity index (χ4n) is 0.999. The Morgan fingerprint density at radius 3 is 1.16 bits per heavy atom.